The van der Waals surface area contributed by atoms with Gasteiger partial charge in [-0.25, -0.2) is 8.42 Å². The van der Waals surface area contributed by atoms with E-state index < -0.39 is 22.1 Å². The summed E-state index contributed by atoms with van der Waals surface area (Å²) in [5, 5.41) is 6.41. The van der Waals surface area contributed by atoms with Gasteiger partial charge >= 0.3 is 0 Å². The fourth-order valence-corrected chi connectivity index (χ4v) is 2.30. The van der Waals surface area contributed by atoms with Gasteiger partial charge in [0.1, 0.15) is 6.61 Å². The molecule has 98 valence electrons. The zero-order chi connectivity index (χ0) is 11.6. The van der Waals surface area contributed by atoms with Gasteiger partial charge in [-0.3, -0.25) is 5.32 Å². The average Bonchev–Trinajstić information content (AvgIpc) is 2.62. The third kappa shape index (κ3) is 4.13. The highest BCUT2D eigenvalue weighted by Gasteiger charge is 2.20. The Morgan fingerprint density at radius 1 is 1.47 bits per heavy atom. The summed E-state index contributed by atoms with van der Waals surface area (Å²) in [5.41, 5.74) is 0. The number of hydrogen-bond acceptors (Lipinski definition) is 7. The summed E-state index contributed by atoms with van der Waals surface area (Å²) in [6, 6.07) is 0. The quantitative estimate of drug-likeness (QED) is 0.768. The highest BCUT2D eigenvalue weighted by Crippen LogP contribution is 2.34. The van der Waals surface area contributed by atoms with Crippen LogP contribution < -0.4 is 20.9 Å². The normalized spacial score (nSPS) is 18.5. The van der Waals surface area contributed by atoms with Crippen molar-refractivity contribution in [1.82, 2.24) is 11.5 Å². The van der Waals surface area contributed by atoms with Gasteiger partial charge in [0.05, 0.1) is 15.9 Å². The highest BCUT2D eigenvalue weighted by molar-refractivity contribution is 7.85. The number of hydrogen-bond donors (Lipinski definition) is 2. The third-order valence-corrected chi connectivity index (χ3v) is 3.38. The molecule has 17 heavy (non-hydrogen) atoms. The second kappa shape index (κ2) is 5.65. The fourth-order valence-electron chi connectivity index (χ4n) is 1.26. The number of nitrogens with one attached hydrogen (secondary N) is 1. The van der Waals surface area contributed by atoms with Crippen LogP contribution in [0.1, 0.15) is 0 Å². The first-order chi connectivity index (χ1) is 7.54. The third-order valence-electron chi connectivity index (χ3n) is 1.98. The zero-order valence-corrected chi connectivity index (χ0v) is 10.8. The van der Waals surface area contributed by atoms with Crippen LogP contribution in [-0.2, 0) is 10.1 Å². The van der Waals surface area contributed by atoms with Gasteiger partial charge in [-0.1, -0.05) is 0 Å². The van der Waals surface area contributed by atoms with E-state index in [1.807, 2.05) is 5.38 Å². The summed E-state index contributed by atoms with van der Waals surface area (Å²) >= 11 is 1.46. The molecule has 0 amide bonds. The molecular formula is C8H14N2O5S2. The Bertz CT molecular complexity index is 458. The Morgan fingerprint density at radius 3 is 2.88 bits per heavy atom. The summed E-state index contributed by atoms with van der Waals surface area (Å²) in [6.07, 6.45) is -0.413. The maximum absolute atomic E-state index is 10.4. The maximum Gasteiger partial charge on any atom is 0.184 e. The molecule has 1 aromatic rings. The van der Waals surface area contributed by atoms with Crippen LogP contribution in [0.25, 0.3) is 0 Å². The predicted molar refractivity (Wildman–Crippen MR) is 62.8 cm³/mol. The lowest BCUT2D eigenvalue weighted by atomic mass is 10.4. The zero-order valence-electron chi connectivity index (χ0n) is 9.21. The van der Waals surface area contributed by atoms with E-state index in [1.54, 1.807) is 5.38 Å². The minimum atomic E-state index is -4.18. The van der Waals surface area contributed by atoms with Gasteiger partial charge in [-0.2, -0.15) is 0 Å². The number of thiophene rings is 1. The van der Waals surface area contributed by atoms with Crippen LogP contribution >= 0.6 is 11.3 Å². The molecule has 0 saturated carbocycles. The summed E-state index contributed by atoms with van der Waals surface area (Å²) in [5.74, 6) is 0.877. The fraction of sp³-hybridized carbons (Fsp3) is 0.500. The second-order valence-corrected chi connectivity index (χ2v) is 5.50. The minimum absolute atomic E-state index is 0. The number of fused-ring (bicyclic) bond motifs is 1. The van der Waals surface area contributed by atoms with Gasteiger partial charge in [-0.05, 0) is 0 Å². The number of ether oxygens (including phenoxy) is 2. The van der Waals surface area contributed by atoms with Crippen molar-refractivity contribution in [3.8, 4) is 11.5 Å². The Hall–Kier alpha value is -0.870. The van der Waals surface area contributed by atoms with Crippen molar-refractivity contribution in [2.45, 2.75) is 6.23 Å². The molecule has 0 saturated heterocycles. The van der Waals surface area contributed by atoms with Crippen molar-refractivity contribution in [3.63, 3.8) is 0 Å². The molecule has 0 radical (unpaired) electrons. The van der Waals surface area contributed by atoms with Gasteiger partial charge in [0, 0.05) is 17.3 Å². The molecule has 1 unspecified atom stereocenters. The van der Waals surface area contributed by atoms with E-state index >= 15 is 0 Å². The molecular weight excluding hydrogens is 268 g/mol. The van der Waals surface area contributed by atoms with E-state index in [4.69, 9.17) is 9.47 Å². The van der Waals surface area contributed by atoms with E-state index in [2.05, 4.69) is 5.32 Å². The van der Waals surface area contributed by atoms with Crippen LogP contribution in [0.5, 0.6) is 11.5 Å². The van der Waals surface area contributed by atoms with Gasteiger partial charge < -0.3 is 20.2 Å². The molecule has 7 nitrogen and oxygen atoms in total. The first kappa shape index (κ1) is 14.2. The smallest absolute Gasteiger partial charge is 0.184 e. The molecule has 0 aliphatic carbocycles. The molecule has 1 atom stereocenters. The lowest BCUT2D eigenvalue weighted by Crippen LogP contribution is -2.43. The van der Waals surface area contributed by atoms with Gasteiger partial charge in [0.2, 0.25) is 0 Å². The van der Waals surface area contributed by atoms with Gasteiger partial charge in [0.25, 0.3) is 0 Å². The summed E-state index contributed by atoms with van der Waals surface area (Å²) < 4.78 is 41.9. The van der Waals surface area contributed by atoms with E-state index in [0.717, 1.165) is 0 Å². The Labute approximate surface area is 103 Å². The molecule has 1 aromatic heterocycles. The van der Waals surface area contributed by atoms with Crippen LogP contribution in [0.4, 0.5) is 0 Å². The van der Waals surface area contributed by atoms with Crippen molar-refractivity contribution in [2.24, 2.45) is 0 Å². The molecule has 0 bridgehead atoms. The minimum Gasteiger partial charge on any atom is -0.748 e. The lowest BCUT2D eigenvalue weighted by Gasteiger charge is -2.25. The van der Waals surface area contributed by atoms with Crippen LogP contribution in [0.3, 0.4) is 0 Å². The van der Waals surface area contributed by atoms with E-state index in [1.165, 1.54) is 11.3 Å². The van der Waals surface area contributed by atoms with E-state index in [9.17, 15) is 13.0 Å². The Kier molecular flexibility index (Phi) is 4.71. The number of rotatable bonds is 4. The Balaban J connectivity index is 0.00000144. The molecule has 1 aliphatic heterocycles. The first-order valence-corrected chi connectivity index (χ1v) is 7.09. The molecule has 1 aliphatic rings. The Morgan fingerprint density at radius 2 is 2.18 bits per heavy atom. The standard InChI is InChI=1S/C8H11NO5S2.H3N/c10-16(11,12)2-1-9-8-3-13-6-4-15-5-7(6)14-8;/h4-5,8-9H,1-3H2,(H,10,11,12);1H3. The van der Waals surface area contributed by atoms with Crippen LogP contribution in [0.15, 0.2) is 10.8 Å². The van der Waals surface area contributed by atoms with E-state index in [0.29, 0.717) is 18.1 Å². The SMILES string of the molecule is O=S(=O)([O-])CCNC1COc2cscc2O1.[NH4+]. The molecule has 0 aromatic carbocycles. The van der Waals surface area contributed by atoms with Crippen molar-refractivity contribution in [3.05, 3.63) is 10.8 Å². The largest absolute Gasteiger partial charge is 0.748 e. The predicted octanol–water partition coefficient (Wildman–Crippen LogP) is 0.356. The van der Waals surface area contributed by atoms with E-state index in [-0.39, 0.29) is 12.7 Å². The summed E-state index contributed by atoms with van der Waals surface area (Å²) in [4.78, 5) is 0. The molecule has 9 heteroatoms. The molecule has 5 N–H and O–H groups in total. The van der Waals surface area contributed by atoms with Crippen molar-refractivity contribution >= 4 is 21.5 Å². The molecule has 2 heterocycles. The monoisotopic (exact) mass is 282 g/mol. The average molecular weight is 282 g/mol. The molecule has 0 spiro atoms. The van der Waals surface area contributed by atoms with Crippen LogP contribution in [0, 0.1) is 0 Å². The maximum atomic E-state index is 10.4. The van der Waals surface area contributed by atoms with Crippen molar-refractivity contribution in [1.29, 1.82) is 0 Å². The number of quaternary nitrogens is 1. The van der Waals surface area contributed by atoms with Gasteiger partial charge in [0.15, 0.2) is 17.7 Å². The molecule has 0 fully saturated rings. The summed E-state index contributed by atoms with van der Waals surface area (Å²) in [7, 11) is -4.18. The van der Waals surface area contributed by atoms with Crippen LogP contribution in [-0.4, -0.2) is 38.1 Å². The highest BCUT2D eigenvalue weighted by atomic mass is 32.2. The van der Waals surface area contributed by atoms with Gasteiger partial charge in [-0.15, -0.1) is 11.3 Å². The van der Waals surface area contributed by atoms with Crippen molar-refractivity contribution in [2.75, 3.05) is 18.9 Å². The summed E-state index contributed by atoms with van der Waals surface area (Å²) in [6.45, 7) is 0.349. The van der Waals surface area contributed by atoms with Crippen LogP contribution in [0.2, 0.25) is 0 Å². The second-order valence-electron chi connectivity index (χ2n) is 3.23. The topological polar surface area (TPSA) is 124 Å². The molecule has 2 rings (SSSR count). The first-order valence-electron chi connectivity index (χ1n) is 4.57. The van der Waals surface area contributed by atoms with Crippen molar-refractivity contribution < 1.29 is 22.4 Å². The lowest BCUT2D eigenvalue weighted by molar-refractivity contribution is 0.0694.